The summed E-state index contributed by atoms with van der Waals surface area (Å²) in [6, 6.07) is 1.18. The number of rotatable bonds is 9. The molecule has 0 radical (unpaired) electrons. The lowest BCUT2D eigenvalue weighted by atomic mass is 9.81. The van der Waals surface area contributed by atoms with Gasteiger partial charge in [0.15, 0.2) is 5.65 Å². The number of nitrogens with zero attached hydrogens (tertiary/aromatic N) is 3. The Balaban J connectivity index is 1.40. The normalized spacial score (nSPS) is 25.7. The smallest absolute Gasteiger partial charge is 0.248 e. The first-order valence-corrected chi connectivity index (χ1v) is 12.7. The van der Waals surface area contributed by atoms with Gasteiger partial charge in [0.1, 0.15) is 6.17 Å². The van der Waals surface area contributed by atoms with Crippen LogP contribution in [0.4, 0.5) is 13.2 Å². The molecule has 2 heterocycles. The van der Waals surface area contributed by atoms with Crippen molar-refractivity contribution < 1.29 is 22.8 Å². The highest BCUT2D eigenvalue weighted by atomic mass is 19.3. The highest BCUT2D eigenvalue weighted by molar-refractivity contribution is 5.82. The Morgan fingerprint density at radius 3 is 2.46 bits per heavy atom. The van der Waals surface area contributed by atoms with Crippen LogP contribution in [0, 0.1) is 17.8 Å². The lowest BCUT2D eigenvalue weighted by Gasteiger charge is -2.33. The molecule has 0 saturated heterocycles. The number of halogens is 3. The van der Waals surface area contributed by atoms with Crippen LogP contribution in [-0.2, 0) is 9.59 Å². The SMILES string of the molecule is CCCC(=O)N[C@@H](c1cnn2cc([C@@H](NC(=O)[C@H]3C[C@H]3F)C3CCC(F)(F)CC3)nc2c1)C1CC1. The monoisotopic (exact) mass is 491 g/mol. The molecule has 0 unspecified atom stereocenters. The summed E-state index contributed by atoms with van der Waals surface area (Å²) < 4.78 is 42.7. The third-order valence-electron chi connectivity index (χ3n) is 7.50. The standard InChI is InChI=1S/C25H32F3N5O2/c1-2-3-21(34)31-22(14-4-5-14)16-10-20-30-19(13-33(20)29-12-16)23(32-24(35)17-11-18(17)26)15-6-8-25(27,28)9-7-15/h10,12-15,17-18,22-23H,2-9,11H2,1H3,(H,31,34)(H,32,35)/t17-,18+,22+,23-/m0/s1. The minimum absolute atomic E-state index is 0.0106. The van der Waals surface area contributed by atoms with E-state index in [1.807, 2.05) is 13.0 Å². The largest absolute Gasteiger partial charge is 0.349 e. The number of fused-ring (bicyclic) bond motifs is 1. The van der Waals surface area contributed by atoms with E-state index in [1.54, 1.807) is 16.9 Å². The summed E-state index contributed by atoms with van der Waals surface area (Å²) in [7, 11) is 0. The zero-order valence-corrected chi connectivity index (χ0v) is 19.9. The molecule has 0 aromatic carbocycles. The molecule has 10 heteroatoms. The van der Waals surface area contributed by atoms with Crippen LogP contribution in [0.5, 0.6) is 0 Å². The van der Waals surface area contributed by atoms with E-state index in [4.69, 9.17) is 4.98 Å². The second-order valence-electron chi connectivity index (χ2n) is 10.4. The van der Waals surface area contributed by atoms with Crippen molar-refractivity contribution in [1.29, 1.82) is 0 Å². The minimum atomic E-state index is -2.69. The fourth-order valence-corrected chi connectivity index (χ4v) is 5.13. The summed E-state index contributed by atoms with van der Waals surface area (Å²) in [5, 5.41) is 10.5. The molecule has 5 rings (SSSR count). The van der Waals surface area contributed by atoms with Gasteiger partial charge in [-0.15, -0.1) is 0 Å². The summed E-state index contributed by atoms with van der Waals surface area (Å²) in [5.41, 5.74) is 1.97. The van der Waals surface area contributed by atoms with Gasteiger partial charge in [-0.1, -0.05) is 6.92 Å². The minimum Gasteiger partial charge on any atom is -0.349 e. The Morgan fingerprint density at radius 2 is 1.83 bits per heavy atom. The molecular weight excluding hydrogens is 459 g/mol. The van der Waals surface area contributed by atoms with Crippen LogP contribution in [0.2, 0.25) is 0 Å². The molecule has 35 heavy (non-hydrogen) atoms. The molecule has 3 saturated carbocycles. The van der Waals surface area contributed by atoms with Gasteiger partial charge in [-0.05, 0) is 62.0 Å². The van der Waals surface area contributed by atoms with Gasteiger partial charge in [-0.3, -0.25) is 9.59 Å². The van der Waals surface area contributed by atoms with Crippen molar-refractivity contribution in [3.05, 3.63) is 29.7 Å². The van der Waals surface area contributed by atoms with Crippen molar-refractivity contribution in [2.24, 2.45) is 17.8 Å². The Labute approximate surface area is 202 Å². The Morgan fingerprint density at radius 1 is 1.14 bits per heavy atom. The fourth-order valence-electron chi connectivity index (χ4n) is 5.13. The molecular formula is C25H32F3N5O2. The Bertz CT molecular complexity index is 1090. The first-order valence-electron chi connectivity index (χ1n) is 12.7. The summed E-state index contributed by atoms with van der Waals surface area (Å²) in [4.78, 5) is 29.5. The van der Waals surface area contributed by atoms with E-state index in [0.717, 1.165) is 24.8 Å². The lowest BCUT2D eigenvalue weighted by Crippen LogP contribution is -2.38. The highest BCUT2D eigenvalue weighted by Crippen LogP contribution is 2.43. The van der Waals surface area contributed by atoms with Crippen molar-refractivity contribution in [3.8, 4) is 0 Å². The van der Waals surface area contributed by atoms with Gasteiger partial charge in [0.2, 0.25) is 17.7 Å². The van der Waals surface area contributed by atoms with E-state index < -0.39 is 30.0 Å². The molecule has 3 fully saturated rings. The molecule has 2 N–H and O–H groups in total. The first kappa shape index (κ1) is 24.1. The topological polar surface area (TPSA) is 88.4 Å². The second-order valence-corrected chi connectivity index (χ2v) is 10.4. The van der Waals surface area contributed by atoms with Crippen molar-refractivity contribution in [3.63, 3.8) is 0 Å². The number of hydrogen-bond donors (Lipinski definition) is 2. The zero-order chi connectivity index (χ0) is 24.7. The van der Waals surface area contributed by atoms with Gasteiger partial charge in [-0.25, -0.2) is 22.7 Å². The summed E-state index contributed by atoms with van der Waals surface area (Å²) >= 11 is 0. The molecule has 2 aromatic heterocycles. The average Bonchev–Trinajstić information content (AvgIpc) is 3.74. The van der Waals surface area contributed by atoms with E-state index in [9.17, 15) is 22.8 Å². The number of amides is 2. The van der Waals surface area contributed by atoms with E-state index in [1.165, 1.54) is 0 Å². The van der Waals surface area contributed by atoms with E-state index in [2.05, 4.69) is 15.7 Å². The lowest BCUT2D eigenvalue weighted by molar-refractivity contribution is -0.124. The van der Waals surface area contributed by atoms with Gasteiger partial charge in [0.05, 0.1) is 36.1 Å². The fraction of sp³-hybridized carbons (Fsp3) is 0.680. The number of aromatic nitrogens is 3. The maximum atomic E-state index is 13.8. The van der Waals surface area contributed by atoms with Gasteiger partial charge in [0.25, 0.3) is 0 Å². The van der Waals surface area contributed by atoms with Gasteiger partial charge in [-0.2, -0.15) is 5.10 Å². The molecule has 4 atom stereocenters. The quantitative estimate of drug-likeness (QED) is 0.543. The van der Waals surface area contributed by atoms with Crippen LogP contribution < -0.4 is 10.6 Å². The summed E-state index contributed by atoms with van der Waals surface area (Å²) in [5.74, 6) is -3.59. The zero-order valence-electron chi connectivity index (χ0n) is 19.9. The van der Waals surface area contributed by atoms with Gasteiger partial charge >= 0.3 is 0 Å². The predicted octanol–water partition coefficient (Wildman–Crippen LogP) is 4.44. The number of alkyl halides is 3. The van der Waals surface area contributed by atoms with E-state index >= 15 is 0 Å². The molecule has 190 valence electrons. The van der Waals surface area contributed by atoms with Crippen LogP contribution in [0.1, 0.15) is 88.1 Å². The molecule has 0 bridgehead atoms. The maximum absolute atomic E-state index is 13.8. The highest BCUT2D eigenvalue weighted by Gasteiger charge is 2.46. The van der Waals surface area contributed by atoms with Crippen molar-refractivity contribution >= 4 is 17.5 Å². The second kappa shape index (κ2) is 9.43. The van der Waals surface area contributed by atoms with Crippen molar-refractivity contribution in [2.75, 3.05) is 0 Å². The third-order valence-corrected chi connectivity index (χ3v) is 7.50. The Kier molecular flexibility index (Phi) is 6.48. The average molecular weight is 492 g/mol. The van der Waals surface area contributed by atoms with Crippen LogP contribution in [0.25, 0.3) is 5.65 Å². The van der Waals surface area contributed by atoms with Crippen LogP contribution in [0.15, 0.2) is 18.5 Å². The maximum Gasteiger partial charge on any atom is 0.248 e. The summed E-state index contributed by atoms with van der Waals surface area (Å²) in [6.45, 7) is 1.96. The predicted molar refractivity (Wildman–Crippen MR) is 122 cm³/mol. The number of imidazole rings is 1. The number of hydrogen-bond acceptors (Lipinski definition) is 4. The number of nitrogens with one attached hydrogen (secondary N) is 2. The molecule has 3 aliphatic carbocycles. The van der Waals surface area contributed by atoms with Crippen LogP contribution >= 0.6 is 0 Å². The molecule has 0 spiro atoms. The number of carbonyl (C=O) groups is 2. The summed E-state index contributed by atoms with van der Waals surface area (Å²) in [6.07, 6.45) is 5.83. The number of carbonyl (C=O) groups excluding carboxylic acids is 2. The van der Waals surface area contributed by atoms with Crippen LogP contribution in [-0.4, -0.2) is 38.5 Å². The van der Waals surface area contributed by atoms with Crippen molar-refractivity contribution in [2.45, 2.75) is 88.9 Å². The van der Waals surface area contributed by atoms with Gasteiger partial charge < -0.3 is 10.6 Å². The first-order chi connectivity index (χ1) is 16.7. The van der Waals surface area contributed by atoms with Crippen LogP contribution in [0.3, 0.4) is 0 Å². The van der Waals surface area contributed by atoms with E-state index in [-0.39, 0.29) is 50.0 Å². The molecule has 2 amide bonds. The molecule has 7 nitrogen and oxygen atoms in total. The van der Waals surface area contributed by atoms with Crippen molar-refractivity contribution in [1.82, 2.24) is 25.2 Å². The Hall–Kier alpha value is -2.65. The molecule has 3 aliphatic rings. The van der Waals surface area contributed by atoms with E-state index in [0.29, 0.717) is 23.7 Å². The molecule has 0 aliphatic heterocycles. The third kappa shape index (κ3) is 5.46. The molecule has 2 aromatic rings. The van der Waals surface area contributed by atoms with Gasteiger partial charge in [0, 0.05) is 19.3 Å².